The zero-order valence-corrected chi connectivity index (χ0v) is 16.7. The van der Waals surface area contributed by atoms with Crippen LogP contribution in [0.5, 0.6) is 5.75 Å². The van der Waals surface area contributed by atoms with Crippen molar-refractivity contribution in [1.29, 1.82) is 0 Å². The molecule has 2 aromatic carbocycles. The summed E-state index contributed by atoms with van der Waals surface area (Å²) < 4.78 is 9.20. The van der Waals surface area contributed by atoms with E-state index in [1.807, 2.05) is 48.8 Å². The highest BCUT2D eigenvalue weighted by atomic mass is 32.1. The minimum Gasteiger partial charge on any atom is -0.491 e. The molecule has 0 saturated carbocycles. The summed E-state index contributed by atoms with van der Waals surface area (Å²) in [5, 5.41) is 5.13. The number of benzene rings is 2. The average molecular weight is 391 g/mol. The van der Waals surface area contributed by atoms with Gasteiger partial charge in [-0.3, -0.25) is 5.43 Å². The summed E-state index contributed by atoms with van der Waals surface area (Å²) >= 11 is 1.59. The number of aromatic nitrogens is 2. The Morgan fingerprint density at radius 3 is 2.89 bits per heavy atom. The van der Waals surface area contributed by atoms with Crippen LogP contribution in [0.2, 0.25) is 0 Å². The predicted molar refractivity (Wildman–Crippen MR) is 117 cm³/mol. The van der Waals surface area contributed by atoms with Gasteiger partial charge in [-0.1, -0.05) is 41.2 Å². The largest absolute Gasteiger partial charge is 0.491 e. The zero-order valence-electron chi connectivity index (χ0n) is 15.9. The van der Waals surface area contributed by atoms with E-state index in [0.717, 1.165) is 38.9 Å². The van der Waals surface area contributed by atoms with Crippen molar-refractivity contribution in [3.8, 4) is 5.75 Å². The molecule has 0 radical (unpaired) electrons. The number of hydrazone groups is 1. The number of fused-ring (bicyclic) bond motifs is 1. The second-order valence-corrected chi connectivity index (χ2v) is 7.63. The molecule has 0 fully saturated rings. The molecule has 4 aromatic rings. The van der Waals surface area contributed by atoms with E-state index in [1.165, 1.54) is 5.56 Å². The maximum atomic E-state index is 5.94. The van der Waals surface area contributed by atoms with Gasteiger partial charge in [-0.2, -0.15) is 5.10 Å². The number of hydrogen-bond acceptors (Lipinski definition) is 5. The van der Waals surface area contributed by atoms with Gasteiger partial charge in [0.15, 0.2) is 0 Å². The van der Waals surface area contributed by atoms with Gasteiger partial charge in [-0.15, -0.1) is 0 Å². The van der Waals surface area contributed by atoms with Gasteiger partial charge in [0, 0.05) is 6.20 Å². The van der Waals surface area contributed by atoms with Gasteiger partial charge in [0.05, 0.1) is 28.7 Å². The number of rotatable bonds is 7. The quantitative estimate of drug-likeness (QED) is 0.347. The van der Waals surface area contributed by atoms with E-state index in [1.54, 1.807) is 11.3 Å². The molecular formula is C22H22N4OS. The van der Waals surface area contributed by atoms with Crippen molar-refractivity contribution in [2.75, 3.05) is 12.0 Å². The van der Waals surface area contributed by atoms with E-state index in [9.17, 15) is 0 Å². The summed E-state index contributed by atoms with van der Waals surface area (Å²) in [6.45, 7) is 5.52. The fourth-order valence-corrected chi connectivity index (χ4v) is 3.85. The molecule has 1 N–H and O–H groups in total. The summed E-state index contributed by atoms with van der Waals surface area (Å²) in [6.07, 6.45) is 3.84. The lowest BCUT2D eigenvalue weighted by molar-refractivity contribution is 0.296. The molecule has 0 unspecified atom stereocenters. The van der Waals surface area contributed by atoms with Gasteiger partial charge < -0.3 is 9.30 Å². The molecule has 0 amide bonds. The van der Waals surface area contributed by atoms with Crippen LogP contribution in [0.1, 0.15) is 16.8 Å². The fourth-order valence-electron chi connectivity index (χ4n) is 3.04. The van der Waals surface area contributed by atoms with Crippen LogP contribution in [0.15, 0.2) is 65.9 Å². The Hall–Kier alpha value is -3.12. The highest BCUT2D eigenvalue weighted by molar-refractivity contribution is 7.22. The van der Waals surface area contributed by atoms with Crippen molar-refractivity contribution in [3.63, 3.8) is 0 Å². The third-order valence-electron chi connectivity index (χ3n) is 4.44. The van der Waals surface area contributed by atoms with E-state index >= 15 is 0 Å². The normalized spacial score (nSPS) is 11.4. The van der Waals surface area contributed by atoms with Crippen LogP contribution in [0.25, 0.3) is 10.2 Å². The van der Waals surface area contributed by atoms with E-state index in [0.29, 0.717) is 6.61 Å². The number of nitrogens with one attached hydrogen (secondary N) is 1. The van der Waals surface area contributed by atoms with Crippen LogP contribution in [-0.2, 0) is 6.54 Å². The number of nitrogens with zero attached hydrogens (tertiary/aromatic N) is 3. The molecule has 0 saturated heterocycles. The van der Waals surface area contributed by atoms with E-state index < -0.39 is 0 Å². The first-order valence-electron chi connectivity index (χ1n) is 9.19. The summed E-state index contributed by atoms with van der Waals surface area (Å²) in [7, 11) is 0. The molecule has 2 aromatic heterocycles. The Morgan fingerprint density at radius 1 is 1.14 bits per heavy atom. The molecule has 0 aliphatic heterocycles. The fraction of sp³-hybridized carbons (Fsp3) is 0.182. The van der Waals surface area contributed by atoms with Crippen LogP contribution in [0.4, 0.5) is 5.13 Å². The number of thiazole rings is 1. The van der Waals surface area contributed by atoms with Crippen molar-refractivity contribution < 1.29 is 4.74 Å². The van der Waals surface area contributed by atoms with E-state index in [-0.39, 0.29) is 0 Å². The van der Waals surface area contributed by atoms with Gasteiger partial charge >= 0.3 is 0 Å². The molecular weight excluding hydrogens is 368 g/mol. The molecule has 2 heterocycles. The molecule has 4 rings (SSSR count). The van der Waals surface area contributed by atoms with Crippen molar-refractivity contribution in [2.45, 2.75) is 20.4 Å². The van der Waals surface area contributed by atoms with E-state index in [2.05, 4.69) is 52.1 Å². The van der Waals surface area contributed by atoms with Crippen LogP contribution >= 0.6 is 11.3 Å². The first-order chi connectivity index (χ1) is 13.7. The SMILES string of the molecule is Cc1ccc(OCCn2cccc2C=NNc2nc3ccccc3s2)c(C)c1. The number of anilines is 1. The molecule has 0 aliphatic carbocycles. The number of ether oxygens (including phenoxy) is 1. The first-order valence-corrected chi connectivity index (χ1v) is 10.0. The lowest BCUT2D eigenvalue weighted by Gasteiger charge is -2.11. The van der Waals surface area contributed by atoms with Crippen molar-refractivity contribution in [3.05, 3.63) is 77.6 Å². The summed E-state index contributed by atoms with van der Waals surface area (Å²) in [5.41, 5.74) is 7.43. The highest BCUT2D eigenvalue weighted by Crippen LogP contribution is 2.25. The van der Waals surface area contributed by atoms with Crippen LogP contribution in [0.3, 0.4) is 0 Å². The Kier molecular flexibility index (Phi) is 5.39. The minimum absolute atomic E-state index is 0.602. The lowest BCUT2D eigenvalue weighted by Crippen LogP contribution is -2.10. The van der Waals surface area contributed by atoms with Crippen molar-refractivity contribution in [1.82, 2.24) is 9.55 Å². The summed E-state index contributed by atoms with van der Waals surface area (Å²) in [5.74, 6) is 0.936. The Morgan fingerprint density at radius 2 is 2.04 bits per heavy atom. The van der Waals surface area contributed by atoms with Gasteiger partial charge in [0.2, 0.25) is 5.13 Å². The molecule has 5 nitrogen and oxygen atoms in total. The van der Waals surface area contributed by atoms with Crippen molar-refractivity contribution >= 4 is 32.9 Å². The second-order valence-electron chi connectivity index (χ2n) is 6.60. The van der Waals surface area contributed by atoms with Gasteiger partial charge in [-0.25, -0.2) is 4.98 Å². The van der Waals surface area contributed by atoms with Gasteiger partial charge in [0.25, 0.3) is 0 Å². The smallest absolute Gasteiger partial charge is 0.204 e. The standard InChI is InChI=1S/C22H22N4OS/c1-16-9-10-20(17(2)14-16)27-13-12-26-11-5-6-18(26)15-23-25-22-24-19-7-3-4-8-21(19)28-22/h3-11,14-15H,12-13H2,1-2H3,(H,24,25). The topological polar surface area (TPSA) is 51.4 Å². The summed E-state index contributed by atoms with van der Waals surface area (Å²) in [4.78, 5) is 4.52. The zero-order chi connectivity index (χ0) is 19.3. The van der Waals surface area contributed by atoms with Crippen molar-refractivity contribution in [2.24, 2.45) is 5.10 Å². The minimum atomic E-state index is 0.602. The third-order valence-corrected chi connectivity index (χ3v) is 5.38. The molecule has 142 valence electrons. The Bertz CT molecular complexity index is 1080. The first kappa shape index (κ1) is 18.3. The molecule has 0 atom stereocenters. The predicted octanol–water partition coefficient (Wildman–Crippen LogP) is 5.24. The Labute approximate surface area is 168 Å². The molecule has 6 heteroatoms. The van der Waals surface area contributed by atoms with Gasteiger partial charge in [-0.05, 0) is 49.7 Å². The maximum Gasteiger partial charge on any atom is 0.204 e. The maximum absolute atomic E-state index is 5.94. The van der Waals surface area contributed by atoms with Crippen LogP contribution in [-0.4, -0.2) is 22.4 Å². The average Bonchev–Trinajstić information content (AvgIpc) is 3.30. The van der Waals surface area contributed by atoms with Crippen LogP contribution < -0.4 is 10.2 Å². The van der Waals surface area contributed by atoms with Gasteiger partial charge in [0.1, 0.15) is 12.4 Å². The molecule has 0 bridgehead atoms. The molecule has 28 heavy (non-hydrogen) atoms. The van der Waals surface area contributed by atoms with E-state index in [4.69, 9.17) is 4.74 Å². The molecule has 0 aliphatic rings. The lowest BCUT2D eigenvalue weighted by atomic mass is 10.1. The number of hydrogen-bond donors (Lipinski definition) is 1. The number of para-hydroxylation sites is 1. The Balaban J connectivity index is 1.35. The number of aryl methyl sites for hydroxylation is 2. The van der Waals surface area contributed by atoms with Crippen LogP contribution in [0, 0.1) is 13.8 Å². The second kappa shape index (κ2) is 8.27. The highest BCUT2D eigenvalue weighted by Gasteiger charge is 2.03. The summed E-state index contributed by atoms with van der Waals surface area (Å²) in [6, 6.07) is 18.3. The third kappa shape index (κ3) is 4.23. The molecule has 0 spiro atoms. The monoisotopic (exact) mass is 390 g/mol.